The van der Waals surface area contributed by atoms with E-state index in [2.05, 4.69) is 4.98 Å². The highest BCUT2D eigenvalue weighted by molar-refractivity contribution is 6.39. The second kappa shape index (κ2) is 3.46. The summed E-state index contributed by atoms with van der Waals surface area (Å²) in [4.78, 5) is 13.9. The van der Waals surface area contributed by atoms with Crippen molar-refractivity contribution in [3.63, 3.8) is 0 Å². The molecule has 1 aromatic heterocycles. The van der Waals surface area contributed by atoms with Gasteiger partial charge in [0.2, 0.25) is 0 Å². The first-order chi connectivity index (χ1) is 6.58. The van der Waals surface area contributed by atoms with Crippen LogP contribution in [0, 0.1) is 0 Å². The van der Waals surface area contributed by atoms with Crippen molar-refractivity contribution in [1.82, 2.24) is 4.98 Å². The van der Waals surface area contributed by atoms with Crippen LogP contribution in [0.3, 0.4) is 0 Å². The number of aromatic amines is 1. The van der Waals surface area contributed by atoms with Crippen molar-refractivity contribution in [1.29, 1.82) is 0 Å². The van der Waals surface area contributed by atoms with Crippen LogP contribution in [-0.4, -0.2) is 4.98 Å². The zero-order valence-corrected chi connectivity index (χ0v) is 9.04. The maximum Gasteiger partial charge on any atom is 0.257 e. The topological polar surface area (TPSA) is 32.9 Å². The standard InChI is InChI=1S/C9H4Cl3NO/c10-4-1-6-5(7(11)2-4)3-8(12)13-9(6)14/h1-3H,(H,13,14). The van der Waals surface area contributed by atoms with E-state index >= 15 is 0 Å². The molecule has 0 aliphatic carbocycles. The Hall–Kier alpha value is -0.700. The minimum Gasteiger partial charge on any atom is -0.312 e. The number of pyridine rings is 1. The summed E-state index contributed by atoms with van der Waals surface area (Å²) < 4.78 is 0. The average molecular weight is 248 g/mol. The Kier molecular flexibility index (Phi) is 2.43. The summed E-state index contributed by atoms with van der Waals surface area (Å²) in [6.07, 6.45) is 0. The fourth-order valence-electron chi connectivity index (χ4n) is 1.26. The van der Waals surface area contributed by atoms with Gasteiger partial charge in [-0.1, -0.05) is 34.8 Å². The summed E-state index contributed by atoms with van der Waals surface area (Å²) in [6.45, 7) is 0. The normalized spacial score (nSPS) is 10.8. The van der Waals surface area contributed by atoms with Crippen molar-refractivity contribution in [2.24, 2.45) is 0 Å². The molecule has 0 unspecified atom stereocenters. The van der Waals surface area contributed by atoms with Crippen molar-refractivity contribution in [3.05, 3.63) is 43.8 Å². The van der Waals surface area contributed by atoms with Gasteiger partial charge in [-0.15, -0.1) is 0 Å². The van der Waals surface area contributed by atoms with Crippen LogP contribution < -0.4 is 5.56 Å². The molecule has 0 bridgehead atoms. The van der Waals surface area contributed by atoms with E-state index < -0.39 is 0 Å². The van der Waals surface area contributed by atoms with Crippen LogP contribution in [0.5, 0.6) is 0 Å². The fraction of sp³-hybridized carbons (Fsp3) is 0. The van der Waals surface area contributed by atoms with E-state index in [1.165, 1.54) is 0 Å². The van der Waals surface area contributed by atoms with E-state index in [-0.39, 0.29) is 10.7 Å². The second-order valence-electron chi connectivity index (χ2n) is 2.80. The summed E-state index contributed by atoms with van der Waals surface area (Å²) in [5.74, 6) is 0. The molecule has 0 radical (unpaired) electrons. The van der Waals surface area contributed by atoms with Gasteiger partial charge in [0.05, 0.1) is 10.4 Å². The molecule has 1 aromatic carbocycles. The molecule has 0 saturated heterocycles. The van der Waals surface area contributed by atoms with Crippen LogP contribution in [-0.2, 0) is 0 Å². The highest BCUT2D eigenvalue weighted by atomic mass is 35.5. The number of halogens is 3. The van der Waals surface area contributed by atoms with Gasteiger partial charge in [0.15, 0.2) is 0 Å². The van der Waals surface area contributed by atoms with E-state index in [1.807, 2.05) is 0 Å². The Labute approximate surface area is 94.4 Å². The van der Waals surface area contributed by atoms with Crippen LogP contribution >= 0.6 is 34.8 Å². The Morgan fingerprint density at radius 3 is 2.43 bits per heavy atom. The lowest BCUT2D eigenvalue weighted by molar-refractivity contribution is 1.28. The highest BCUT2D eigenvalue weighted by Gasteiger charge is 2.05. The Bertz CT molecular complexity index is 562. The van der Waals surface area contributed by atoms with Gasteiger partial charge < -0.3 is 4.98 Å². The smallest absolute Gasteiger partial charge is 0.257 e. The van der Waals surface area contributed by atoms with Gasteiger partial charge in [-0.3, -0.25) is 4.79 Å². The maximum absolute atomic E-state index is 11.4. The molecular weight excluding hydrogens is 244 g/mol. The predicted molar refractivity (Wildman–Crippen MR) is 59.6 cm³/mol. The lowest BCUT2D eigenvalue weighted by Crippen LogP contribution is -2.05. The molecule has 0 amide bonds. The van der Waals surface area contributed by atoms with E-state index in [0.717, 1.165) is 0 Å². The molecule has 2 nitrogen and oxygen atoms in total. The predicted octanol–water partition coefficient (Wildman–Crippen LogP) is 3.49. The summed E-state index contributed by atoms with van der Waals surface area (Å²) in [7, 11) is 0. The number of benzene rings is 1. The van der Waals surface area contributed by atoms with Gasteiger partial charge in [-0.2, -0.15) is 0 Å². The quantitative estimate of drug-likeness (QED) is 0.711. The number of hydrogen-bond donors (Lipinski definition) is 1. The Morgan fingerprint density at radius 1 is 1.00 bits per heavy atom. The summed E-state index contributed by atoms with van der Waals surface area (Å²) >= 11 is 17.4. The molecule has 5 heteroatoms. The lowest BCUT2D eigenvalue weighted by Gasteiger charge is -2.01. The molecule has 2 aromatic rings. The molecule has 0 atom stereocenters. The number of hydrogen-bond acceptors (Lipinski definition) is 1. The molecular formula is C9H4Cl3NO. The maximum atomic E-state index is 11.4. The number of H-pyrrole nitrogens is 1. The monoisotopic (exact) mass is 247 g/mol. The van der Waals surface area contributed by atoms with Crippen molar-refractivity contribution in [3.8, 4) is 0 Å². The molecule has 0 spiro atoms. The molecule has 0 aliphatic heterocycles. The van der Waals surface area contributed by atoms with Crippen molar-refractivity contribution < 1.29 is 0 Å². The van der Waals surface area contributed by atoms with Crippen LogP contribution in [0.2, 0.25) is 15.2 Å². The summed E-state index contributed by atoms with van der Waals surface area (Å²) in [5.41, 5.74) is -0.295. The third-order valence-electron chi connectivity index (χ3n) is 1.84. The molecule has 14 heavy (non-hydrogen) atoms. The van der Waals surface area contributed by atoms with Gasteiger partial charge in [-0.25, -0.2) is 0 Å². The first kappa shape index (κ1) is 9.84. The molecule has 72 valence electrons. The largest absolute Gasteiger partial charge is 0.312 e. The van der Waals surface area contributed by atoms with Crippen LogP contribution in [0.25, 0.3) is 10.8 Å². The molecule has 1 N–H and O–H groups in total. The third-order valence-corrected chi connectivity index (χ3v) is 2.58. The first-order valence-electron chi connectivity index (χ1n) is 3.75. The summed E-state index contributed by atoms with van der Waals surface area (Å²) in [5, 5.41) is 2.14. The van der Waals surface area contributed by atoms with Crippen molar-refractivity contribution in [2.75, 3.05) is 0 Å². The van der Waals surface area contributed by atoms with Crippen LogP contribution in [0.4, 0.5) is 0 Å². The number of aromatic nitrogens is 1. The van der Waals surface area contributed by atoms with Crippen LogP contribution in [0.15, 0.2) is 23.0 Å². The number of nitrogens with one attached hydrogen (secondary N) is 1. The van der Waals surface area contributed by atoms with E-state index in [0.29, 0.717) is 20.8 Å². The highest BCUT2D eigenvalue weighted by Crippen LogP contribution is 2.26. The van der Waals surface area contributed by atoms with Gasteiger partial charge in [-0.05, 0) is 18.2 Å². The van der Waals surface area contributed by atoms with Crippen molar-refractivity contribution >= 4 is 45.6 Å². The molecule has 0 saturated carbocycles. The number of rotatable bonds is 0. The summed E-state index contributed by atoms with van der Waals surface area (Å²) in [6, 6.07) is 4.72. The Balaban J connectivity index is 3.02. The second-order valence-corrected chi connectivity index (χ2v) is 4.05. The van der Waals surface area contributed by atoms with Gasteiger partial charge in [0.25, 0.3) is 5.56 Å². The van der Waals surface area contributed by atoms with Crippen molar-refractivity contribution in [2.45, 2.75) is 0 Å². The lowest BCUT2D eigenvalue weighted by atomic mass is 10.2. The minimum absolute atomic E-state index is 0.256. The van der Waals surface area contributed by atoms with Gasteiger partial charge in [0.1, 0.15) is 5.15 Å². The van der Waals surface area contributed by atoms with E-state index in [4.69, 9.17) is 34.8 Å². The molecule has 0 aliphatic rings. The van der Waals surface area contributed by atoms with E-state index in [1.54, 1.807) is 18.2 Å². The zero-order valence-electron chi connectivity index (χ0n) is 6.77. The van der Waals surface area contributed by atoms with Crippen LogP contribution in [0.1, 0.15) is 0 Å². The number of fused-ring (bicyclic) bond motifs is 1. The minimum atomic E-state index is -0.295. The van der Waals surface area contributed by atoms with Gasteiger partial charge in [0, 0.05) is 10.4 Å². The Morgan fingerprint density at radius 2 is 1.71 bits per heavy atom. The molecule has 2 rings (SSSR count). The zero-order chi connectivity index (χ0) is 10.3. The molecule has 1 heterocycles. The van der Waals surface area contributed by atoms with E-state index in [9.17, 15) is 4.79 Å². The molecule has 0 fully saturated rings. The first-order valence-corrected chi connectivity index (χ1v) is 4.89. The fourth-order valence-corrected chi connectivity index (χ4v) is 2.00. The van der Waals surface area contributed by atoms with Gasteiger partial charge >= 0.3 is 0 Å². The average Bonchev–Trinajstić information content (AvgIpc) is 2.07. The SMILES string of the molecule is O=c1[nH]c(Cl)cc2c(Cl)cc(Cl)cc12. The third kappa shape index (κ3) is 1.61.